The Morgan fingerprint density at radius 2 is 1.76 bits per heavy atom. The number of aryl methyl sites for hydroxylation is 1. The van der Waals surface area contributed by atoms with Crippen molar-refractivity contribution in [1.29, 1.82) is 0 Å². The van der Waals surface area contributed by atoms with Gasteiger partial charge in [0.05, 0.1) is 12.2 Å². The van der Waals surface area contributed by atoms with Crippen LogP contribution in [0.3, 0.4) is 0 Å². The summed E-state index contributed by atoms with van der Waals surface area (Å²) in [7, 11) is 0. The Hall–Kier alpha value is -2.53. The van der Waals surface area contributed by atoms with E-state index in [-0.39, 0.29) is 24.3 Å². The number of carbonyl (C=O) groups is 2. The summed E-state index contributed by atoms with van der Waals surface area (Å²) in [5.41, 5.74) is 8.98. The van der Waals surface area contributed by atoms with E-state index in [4.69, 9.17) is 10.5 Å². The van der Waals surface area contributed by atoms with Crippen molar-refractivity contribution in [3.05, 3.63) is 65.2 Å². The number of nitrogens with two attached hydrogens (primary N) is 1. The summed E-state index contributed by atoms with van der Waals surface area (Å²) < 4.78 is 4.93. The number of hydrogen-bond donors (Lipinski definition) is 2. The van der Waals surface area contributed by atoms with Gasteiger partial charge < -0.3 is 15.8 Å². The first-order chi connectivity index (χ1) is 11.6. The molecule has 2 rings (SSSR count). The average Bonchev–Trinajstić information content (AvgIpc) is 2.60. The lowest BCUT2D eigenvalue weighted by Crippen LogP contribution is -2.23. The molecule has 0 aromatic heterocycles. The summed E-state index contributed by atoms with van der Waals surface area (Å²) in [4.78, 5) is 23.5. The zero-order valence-corrected chi connectivity index (χ0v) is 15.0. The molecular formula is C19H23ClN2O3. The van der Waals surface area contributed by atoms with E-state index < -0.39 is 0 Å². The summed E-state index contributed by atoms with van der Waals surface area (Å²) in [5.74, 6) is -0.374. The van der Waals surface area contributed by atoms with Gasteiger partial charge in [-0.05, 0) is 42.7 Å². The molecule has 0 spiro atoms. The summed E-state index contributed by atoms with van der Waals surface area (Å²) in [6.07, 6.45) is 0.995. The minimum atomic E-state index is -0.339. The number of esters is 1. The third kappa shape index (κ3) is 6.47. The zero-order chi connectivity index (χ0) is 17.4. The molecule has 25 heavy (non-hydrogen) atoms. The van der Waals surface area contributed by atoms with Gasteiger partial charge in [-0.1, -0.05) is 30.3 Å². The van der Waals surface area contributed by atoms with Crippen LogP contribution in [0.5, 0.6) is 0 Å². The number of nitrogen functional groups attached to an aromatic ring is 1. The van der Waals surface area contributed by atoms with Gasteiger partial charge in [0.1, 0.15) is 0 Å². The smallest absolute Gasteiger partial charge is 0.338 e. The fraction of sp³-hybridized carbons (Fsp3) is 0.263. The van der Waals surface area contributed by atoms with Gasteiger partial charge in [-0.3, -0.25) is 4.79 Å². The Morgan fingerprint density at radius 3 is 2.40 bits per heavy atom. The van der Waals surface area contributed by atoms with Crippen LogP contribution in [0.25, 0.3) is 0 Å². The topological polar surface area (TPSA) is 81.4 Å². The van der Waals surface area contributed by atoms with Crippen molar-refractivity contribution < 1.29 is 14.3 Å². The maximum Gasteiger partial charge on any atom is 0.338 e. The van der Waals surface area contributed by atoms with Crippen LogP contribution < -0.4 is 11.1 Å². The van der Waals surface area contributed by atoms with E-state index in [1.54, 1.807) is 19.1 Å². The monoisotopic (exact) mass is 362 g/mol. The molecule has 0 saturated carbocycles. The van der Waals surface area contributed by atoms with Crippen molar-refractivity contribution in [1.82, 2.24) is 5.32 Å². The van der Waals surface area contributed by atoms with Crippen molar-refractivity contribution in [2.45, 2.75) is 26.3 Å². The molecule has 0 atom stereocenters. The van der Waals surface area contributed by atoms with Crippen LogP contribution >= 0.6 is 12.4 Å². The van der Waals surface area contributed by atoms with Crippen LogP contribution in [0.1, 0.15) is 34.8 Å². The van der Waals surface area contributed by atoms with Gasteiger partial charge in [-0.15, -0.1) is 12.4 Å². The Labute approximate surface area is 154 Å². The van der Waals surface area contributed by atoms with Crippen molar-refractivity contribution in [3.8, 4) is 0 Å². The van der Waals surface area contributed by atoms with Crippen LogP contribution in [-0.2, 0) is 22.5 Å². The molecule has 0 saturated heterocycles. The molecule has 0 heterocycles. The van der Waals surface area contributed by atoms with E-state index >= 15 is 0 Å². The van der Waals surface area contributed by atoms with Gasteiger partial charge in [0, 0.05) is 18.7 Å². The summed E-state index contributed by atoms with van der Waals surface area (Å²) in [5, 5.41) is 2.87. The van der Waals surface area contributed by atoms with Gasteiger partial charge in [-0.2, -0.15) is 0 Å². The number of amides is 1. The van der Waals surface area contributed by atoms with Crippen LogP contribution in [0.4, 0.5) is 5.69 Å². The largest absolute Gasteiger partial charge is 0.462 e. The molecule has 0 bridgehead atoms. The number of benzene rings is 2. The molecule has 3 N–H and O–H groups in total. The minimum Gasteiger partial charge on any atom is -0.462 e. The number of hydrogen-bond acceptors (Lipinski definition) is 4. The van der Waals surface area contributed by atoms with Crippen LogP contribution in [0.2, 0.25) is 0 Å². The van der Waals surface area contributed by atoms with Gasteiger partial charge in [0.15, 0.2) is 0 Å². The normalized spacial score (nSPS) is 9.80. The van der Waals surface area contributed by atoms with Gasteiger partial charge in [0.25, 0.3) is 0 Å². The Bertz CT molecular complexity index is 702. The number of rotatable bonds is 7. The fourth-order valence-electron chi connectivity index (χ4n) is 2.27. The number of nitrogens with one attached hydrogen (secondary N) is 1. The molecule has 0 fully saturated rings. The minimum absolute atomic E-state index is 0. The summed E-state index contributed by atoms with van der Waals surface area (Å²) in [6.45, 7) is 2.54. The van der Waals surface area contributed by atoms with Crippen LogP contribution in [0, 0.1) is 0 Å². The van der Waals surface area contributed by atoms with Gasteiger partial charge in [0.2, 0.25) is 5.91 Å². The highest BCUT2D eigenvalue weighted by atomic mass is 35.5. The van der Waals surface area contributed by atoms with E-state index in [1.807, 2.05) is 36.4 Å². The lowest BCUT2D eigenvalue weighted by Gasteiger charge is -2.08. The quantitative estimate of drug-likeness (QED) is 0.585. The molecule has 5 nitrogen and oxygen atoms in total. The zero-order valence-electron chi connectivity index (χ0n) is 14.2. The summed E-state index contributed by atoms with van der Waals surface area (Å²) >= 11 is 0. The molecule has 2 aromatic carbocycles. The molecule has 134 valence electrons. The average molecular weight is 363 g/mol. The predicted molar refractivity (Wildman–Crippen MR) is 101 cm³/mol. The molecule has 0 unspecified atom stereocenters. The first kappa shape index (κ1) is 20.5. The molecular weight excluding hydrogens is 340 g/mol. The molecule has 0 aliphatic heterocycles. The molecule has 0 radical (unpaired) electrons. The number of anilines is 1. The van der Waals surface area contributed by atoms with Gasteiger partial charge in [-0.25, -0.2) is 4.79 Å². The lowest BCUT2D eigenvalue weighted by atomic mass is 10.1. The number of ether oxygens (including phenoxy) is 1. The standard InChI is InChI=1S/C19H22N2O3.ClH/c1-2-24-19(23)16-9-7-14(8-10-16)13-21-18(22)12-11-15-5-3-4-6-17(15)20;/h3-10H,2,11-13,20H2,1H3,(H,21,22);1H. The second-order valence-electron chi connectivity index (χ2n) is 5.39. The van der Waals surface area contributed by atoms with Crippen LogP contribution in [0.15, 0.2) is 48.5 Å². The Morgan fingerprint density at radius 1 is 1.08 bits per heavy atom. The number of para-hydroxylation sites is 1. The van der Waals surface area contributed by atoms with Crippen molar-refractivity contribution in [3.63, 3.8) is 0 Å². The second-order valence-corrected chi connectivity index (χ2v) is 5.39. The van der Waals surface area contributed by atoms with Crippen molar-refractivity contribution in [2.24, 2.45) is 0 Å². The Balaban J connectivity index is 0.00000312. The van der Waals surface area contributed by atoms with Crippen molar-refractivity contribution in [2.75, 3.05) is 12.3 Å². The van der Waals surface area contributed by atoms with Crippen molar-refractivity contribution >= 4 is 30.0 Å². The highest BCUT2D eigenvalue weighted by molar-refractivity contribution is 5.89. The maximum atomic E-state index is 11.9. The third-order valence-corrected chi connectivity index (χ3v) is 3.63. The van der Waals surface area contributed by atoms with Gasteiger partial charge >= 0.3 is 5.97 Å². The molecule has 0 aliphatic rings. The first-order valence-corrected chi connectivity index (χ1v) is 7.96. The molecule has 1 amide bonds. The molecule has 6 heteroatoms. The second kappa shape index (κ2) is 10.4. The number of halogens is 1. The lowest BCUT2D eigenvalue weighted by molar-refractivity contribution is -0.121. The van der Waals surface area contributed by atoms with Crippen LogP contribution in [-0.4, -0.2) is 18.5 Å². The third-order valence-electron chi connectivity index (χ3n) is 3.63. The predicted octanol–water partition coefficient (Wildman–Crippen LogP) is 3.12. The highest BCUT2D eigenvalue weighted by Crippen LogP contribution is 2.12. The Kier molecular flexibility index (Phi) is 8.50. The SMILES string of the molecule is CCOC(=O)c1ccc(CNC(=O)CCc2ccccc2N)cc1.Cl. The number of carbonyl (C=O) groups excluding carboxylic acids is 2. The van der Waals surface area contributed by atoms with E-state index in [0.717, 1.165) is 11.1 Å². The van der Waals surface area contributed by atoms with E-state index in [9.17, 15) is 9.59 Å². The highest BCUT2D eigenvalue weighted by Gasteiger charge is 2.07. The maximum absolute atomic E-state index is 11.9. The van der Waals surface area contributed by atoms with E-state index in [2.05, 4.69) is 5.32 Å². The molecule has 2 aromatic rings. The van der Waals surface area contributed by atoms with E-state index in [1.165, 1.54) is 0 Å². The fourth-order valence-corrected chi connectivity index (χ4v) is 2.27. The first-order valence-electron chi connectivity index (χ1n) is 7.96. The molecule has 0 aliphatic carbocycles. The summed E-state index contributed by atoms with van der Waals surface area (Å²) in [6, 6.07) is 14.6. The van der Waals surface area contributed by atoms with E-state index in [0.29, 0.717) is 37.2 Å².